The van der Waals surface area contributed by atoms with E-state index in [-0.39, 0.29) is 0 Å². The summed E-state index contributed by atoms with van der Waals surface area (Å²) in [4.78, 5) is 9.19. The number of likely N-dealkylation sites (N-methyl/N-ethyl adjacent to an activating group) is 2. The summed E-state index contributed by atoms with van der Waals surface area (Å²) in [6, 6.07) is 2.74. The molecule has 2 rings (SSSR count). The van der Waals surface area contributed by atoms with E-state index >= 15 is 0 Å². The van der Waals surface area contributed by atoms with Gasteiger partial charge in [0.25, 0.3) is 0 Å². The molecule has 1 fully saturated rings. The van der Waals surface area contributed by atoms with E-state index in [9.17, 15) is 0 Å². The van der Waals surface area contributed by atoms with Crippen LogP contribution in [0.25, 0.3) is 0 Å². The third kappa shape index (κ3) is 4.68. The Kier molecular flexibility index (Phi) is 6.00. The van der Waals surface area contributed by atoms with Crippen LogP contribution in [0, 0.1) is 5.92 Å². The molecule has 0 spiro atoms. The molecule has 0 aromatic carbocycles. The van der Waals surface area contributed by atoms with Gasteiger partial charge in [-0.05, 0) is 50.5 Å². The van der Waals surface area contributed by atoms with Gasteiger partial charge in [0.15, 0.2) is 0 Å². The molecule has 1 aromatic heterocycles. The minimum absolute atomic E-state index is 0.594. The van der Waals surface area contributed by atoms with Gasteiger partial charge in [-0.15, -0.1) is 0 Å². The summed E-state index contributed by atoms with van der Waals surface area (Å²) in [6.45, 7) is 8.82. The highest BCUT2D eigenvalue weighted by molar-refractivity contribution is 5.52. The highest BCUT2D eigenvalue weighted by Gasteiger charge is 2.22. The second-order valence-corrected chi connectivity index (χ2v) is 6.70. The molecule has 1 aromatic rings. The first kappa shape index (κ1) is 16.2. The van der Waals surface area contributed by atoms with Gasteiger partial charge in [0.05, 0.1) is 11.9 Å². The molecular formula is C17H30N4. The van der Waals surface area contributed by atoms with Crippen LogP contribution in [0.15, 0.2) is 18.5 Å². The lowest BCUT2D eigenvalue weighted by atomic mass is 10.0. The molecule has 1 aliphatic rings. The third-order valence-electron chi connectivity index (χ3n) is 4.28. The van der Waals surface area contributed by atoms with E-state index in [1.54, 1.807) is 0 Å². The molecule has 4 heteroatoms. The van der Waals surface area contributed by atoms with Crippen LogP contribution in [0.1, 0.15) is 32.3 Å². The number of hydrogen-bond acceptors (Lipinski definition) is 4. The molecule has 1 N–H and O–H groups in total. The summed E-state index contributed by atoms with van der Waals surface area (Å²) in [5.74, 6) is 0.681. The van der Waals surface area contributed by atoms with Gasteiger partial charge >= 0.3 is 0 Å². The predicted octanol–water partition coefficient (Wildman–Crippen LogP) is 2.36. The Hall–Kier alpha value is -1.13. The van der Waals surface area contributed by atoms with Gasteiger partial charge in [0, 0.05) is 32.4 Å². The van der Waals surface area contributed by atoms with Crippen molar-refractivity contribution in [2.24, 2.45) is 5.92 Å². The van der Waals surface area contributed by atoms with E-state index in [2.05, 4.69) is 54.1 Å². The van der Waals surface area contributed by atoms with Crippen LogP contribution in [0.5, 0.6) is 0 Å². The fraction of sp³-hybridized carbons (Fsp3) is 0.706. The Morgan fingerprint density at radius 3 is 3.00 bits per heavy atom. The topological polar surface area (TPSA) is 31.4 Å². The first-order valence-electron chi connectivity index (χ1n) is 8.13. The number of piperidine rings is 1. The minimum atomic E-state index is 0.594. The zero-order valence-corrected chi connectivity index (χ0v) is 14.0. The quantitative estimate of drug-likeness (QED) is 0.871. The van der Waals surface area contributed by atoms with Crippen molar-refractivity contribution in [1.82, 2.24) is 15.2 Å². The van der Waals surface area contributed by atoms with Gasteiger partial charge < -0.3 is 15.1 Å². The minimum Gasteiger partial charge on any atom is -0.369 e. The number of hydrogen-bond donors (Lipinski definition) is 1. The van der Waals surface area contributed by atoms with Crippen LogP contribution < -0.4 is 10.2 Å². The molecular weight excluding hydrogens is 260 g/mol. The number of aromatic nitrogens is 1. The summed E-state index contributed by atoms with van der Waals surface area (Å²) in [7, 11) is 4.43. The Morgan fingerprint density at radius 2 is 2.29 bits per heavy atom. The highest BCUT2D eigenvalue weighted by atomic mass is 15.2. The van der Waals surface area contributed by atoms with E-state index in [1.165, 1.54) is 30.6 Å². The van der Waals surface area contributed by atoms with Gasteiger partial charge in [-0.3, -0.25) is 4.98 Å². The van der Waals surface area contributed by atoms with E-state index < -0.39 is 0 Å². The molecule has 2 heterocycles. The van der Waals surface area contributed by atoms with Gasteiger partial charge in [-0.25, -0.2) is 0 Å². The molecule has 1 aliphatic heterocycles. The summed E-state index contributed by atoms with van der Waals surface area (Å²) >= 11 is 0. The molecule has 0 radical (unpaired) electrons. The van der Waals surface area contributed by atoms with Crippen molar-refractivity contribution >= 4 is 5.69 Å². The second kappa shape index (κ2) is 7.76. The first-order chi connectivity index (χ1) is 10.1. The molecule has 118 valence electrons. The number of rotatable bonds is 6. The maximum Gasteiger partial charge on any atom is 0.0598 e. The summed E-state index contributed by atoms with van der Waals surface area (Å²) in [5, 5.41) is 3.54. The van der Waals surface area contributed by atoms with Crippen molar-refractivity contribution in [1.29, 1.82) is 0 Å². The first-order valence-corrected chi connectivity index (χ1v) is 8.13. The summed E-state index contributed by atoms with van der Waals surface area (Å²) in [5.41, 5.74) is 2.62. The molecule has 0 bridgehead atoms. The van der Waals surface area contributed by atoms with E-state index in [0.717, 1.165) is 19.6 Å². The molecule has 0 saturated carbocycles. The Labute approximate surface area is 129 Å². The smallest absolute Gasteiger partial charge is 0.0598 e. The fourth-order valence-corrected chi connectivity index (χ4v) is 3.03. The summed E-state index contributed by atoms with van der Waals surface area (Å²) in [6.07, 6.45) is 6.47. The zero-order chi connectivity index (χ0) is 15.2. The van der Waals surface area contributed by atoms with Crippen molar-refractivity contribution in [3.8, 4) is 0 Å². The maximum absolute atomic E-state index is 4.34. The monoisotopic (exact) mass is 290 g/mol. The van der Waals surface area contributed by atoms with E-state index in [0.29, 0.717) is 12.0 Å². The Morgan fingerprint density at radius 1 is 1.48 bits per heavy atom. The molecule has 21 heavy (non-hydrogen) atoms. The van der Waals surface area contributed by atoms with Crippen molar-refractivity contribution in [2.75, 3.05) is 38.6 Å². The highest BCUT2D eigenvalue weighted by Crippen LogP contribution is 2.23. The van der Waals surface area contributed by atoms with Crippen molar-refractivity contribution in [3.63, 3.8) is 0 Å². The van der Waals surface area contributed by atoms with Crippen LogP contribution in [-0.4, -0.2) is 49.7 Å². The van der Waals surface area contributed by atoms with Gasteiger partial charge in [0.2, 0.25) is 0 Å². The number of anilines is 1. The lowest BCUT2D eigenvalue weighted by molar-refractivity contribution is 0.247. The molecule has 0 aliphatic carbocycles. The number of nitrogens with zero attached hydrogens (tertiary/aromatic N) is 3. The lowest BCUT2D eigenvalue weighted by Gasteiger charge is -2.37. The molecule has 4 nitrogen and oxygen atoms in total. The van der Waals surface area contributed by atoms with Gasteiger partial charge in [0.1, 0.15) is 0 Å². The summed E-state index contributed by atoms with van der Waals surface area (Å²) < 4.78 is 0. The zero-order valence-electron chi connectivity index (χ0n) is 14.0. The average Bonchev–Trinajstić information content (AvgIpc) is 2.47. The SMILES string of the molecule is CC(C)CNCc1ccncc1N(C)C1CCCN(C)C1. The second-order valence-electron chi connectivity index (χ2n) is 6.70. The number of nitrogens with one attached hydrogen (secondary N) is 1. The van der Waals surface area contributed by atoms with Gasteiger partial charge in [-0.1, -0.05) is 13.8 Å². The maximum atomic E-state index is 4.34. The average molecular weight is 290 g/mol. The van der Waals surface area contributed by atoms with Crippen LogP contribution in [0.4, 0.5) is 5.69 Å². The molecule has 1 atom stereocenters. The number of likely N-dealkylation sites (tertiary alicyclic amines) is 1. The van der Waals surface area contributed by atoms with Gasteiger partial charge in [-0.2, -0.15) is 0 Å². The molecule has 1 saturated heterocycles. The van der Waals surface area contributed by atoms with Crippen LogP contribution >= 0.6 is 0 Å². The third-order valence-corrected chi connectivity index (χ3v) is 4.28. The lowest BCUT2D eigenvalue weighted by Crippen LogP contribution is -2.45. The van der Waals surface area contributed by atoms with Crippen molar-refractivity contribution in [3.05, 3.63) is 24.0 Å². The van der Waals surface area contributed by atoms with Crippen LogP contribution in [-0.2, 0) is 6.54 Å². The standard InChI is InChI=1S/C17H30N4/c1-14(2)10-19-11-15-7-8-18-12-17(15)21(4)16-6-5-9-20(3)13-16/h7-8,12,14,16,19H,5-6,9-11,13H2,1-4H3. The normalized spacial score (nSPS) is 20.0. The van der Waals surface area contributed by atoms with E-state index in [1.807, 2.05) is 12.4 Å². The predicted molar refractivity (Wildman–Crippen MR) is 89.7 cm³/mol. The van der Waals surface area contributed by atoms with Crippen LogP contribution in [0.2, 0.25) is 0 Å². The van der Waals surface area contributed by atoms with Crippen LogP contribution in [0.3, 0.4) is 0 Å². The Balaban J connectivity index is 2.03. The fourth-order valence-electron chi connectivity index (χ4n) is 3.03. The van der Waals surface area contributed by atoms with Crippen molar-refractivity contribution < 1.29 is 0 Å². The largest absolute Gasteiger partial charge is 0.369 e. The molecule has 1 unspecified atom stereocenters. The number of pyridine rings is 1. The Bertz CT molecular complexity index is 433. The molecule has 0 amide bonds. The van der Waals surface area contributed by atoms with E-state index in [4.69, 9.17) is 0 Å². The van der Waals surface area contributed by atoms with Crippen molar-refractivity contribution in [2.45, 2.75) is 39.3 Å².